The number of aromatic nitrogens is 1. The molecular weight excluding hydrogens is 222 g/mol. The van der Waals surface area contributed by atoms with Crippen LogP contribution in [0.15, 0.2) is 12.1 Å². The summed E-state index contributed by atoms with van der Waals surface area (Å²) in [7, 11) is 0. The van der Waals surface area contributed by atoms with Gasteiger partial charge in [-0.2, -0.15) is 0 Å². The summed E-state index contributed by atoms with van der Waals surface area (Å²) in [5, 5.41) is 3.45. The van der Waals surface area contributed by atoms with Crippen LogP contribution in [0.4, 0.5) is 5.82 Å². The molecule has 0 atom stereocenters. The molecule has 1 saturated heterocycles. The van der Waals surface area contributed by atoms with Gasteiger partial charge in [0.05, 0.1) is 0 Å². The minimum Gasteiger partial charge on any atom is -0.357 e. The summed E-state index contributed by atoms with van der Waals surface area (Å²) >= 11 is 0. The summed E-state index contributed by atoms with van der Waals surface area (Å²) in [6.07, 6.45) is 3.97. The van der Waals surface area contributed by atoms with E-state index in [1.807, 2.05) is 0 Å². The number of pyridine rings is 1. The van der Waals surface area contributed by atoms with E-state index in [2.05, 4.69) is 43.1 Å². The summed E-state index contributed by atoms with van der Waals surface area (Å²) in [4.78, 5) is 7.17. The summed E-state index contributed by atoms with van der Waals surface area (Å²) in [5.41, 5.74) is 2.47. The van der Waals surface area contributed by atoms with Gasteiger partial charge in [0.2, 0.25) is 0 Å². The number of piperidine rings is 1. The van der Waals surface area contributed by atoms with E-state index in [1.54, 1.807) is 0 Å². The number of rotatable bonds is 4. The standard InChI is InChI=1S/C15H25N3/c1-12(2)16-11-14-7-8-15(17-13(14)3)18-9-5-4-6-10-18/h7-8,12,16H,4-6,9-11H2,1-3H3. The molecule has 3 heteroatoms. The van der Waals surface area contributed by atoms with E-state index in [0.29, 0.717) is 6.04 Å². The van der Waals surface area contributed by atoms with Gasteiger partial charge >= 0.3 is 0 Å². The average molecular weight is 247 g/mol. The van der Waals surface area contributed by atoms with Crippen LogP contribution >= 0.6 is 0 Å². The molecule has 0 spiro atoms. The van der Waals surface area contributed by atoms with Gasteiger partial charge in [-0.15, -0.1) is 0 Å². The molecule has 1 N–H and O–H groups in total. The lowest BCUT2D eigenvalue weighted by molar-refractivity contribution is 0.570. The molecule has 0 unspecified atom stereocenters. The Bertz CT molecular complexity index is 381. The SMILES string of the molecule is Cc1nc(N2CCCCC2)ccc1CNC(C)C. The second kappa shape index (κ2) is 6.19. The zero-order valence-corrected chi connectivity index (χ0v) is 11.9. The quantitative estimate of drug-likeness (QED) is 0.886. The number of anilines is 1. The lowest BCUT2D eigenvalue weighted by Crippen LogP contribution is -2.30. The highest BCUT2D eigenvalue weighted by molar-refractivity contribution is 5.42. The van der Waals surface area contributed by atoms with Crippen LogP contribution < -0.4 is 10.2 Å². The lowest BCUT2D eigenvalue weighted by Gasteiger charge is -2.28. The van der Waals surface area contributed by atoms with Crippen molar-refractivity contribution >= 4 is 5.82 Å². The van der Waals surface area contributed by atoms with E-state index in [-0.39, 0.29) is 0 Å². The largest absolute Gasteiger partial charge is 0.357 e. The molecule has 0 radical (unpaired) electrons. The van der Waals surface area contributed by atoms with Gasteiger partial charge in [-0.3, -0.25) is 0 Å². The molecule has 100 valence electrons. The molecule has 2 heterocycles. The Kier molecular flexibility index (Phi) is 4.59. The minimum atomic E-state index is 0.520. The Morgan fingerprint density at radius 3 is 2.56 bits per heavy atom. The van der Waals surface area contributed by atoms with Crippen LogP contribution in [0.5, 0.6) is 0 Å². The second-order valence-electron chi connectivity index (χ2n) is 5.50. The van der Waals surface area contributed by atoms with Crippen LogP contribution in [0.2, 0.25) is 0 Å². The highest BCUT2D eigenvalue weighted by Gasteiger charge is 2.12. The van der Waals surface area contributed by atoms with Crippen LogP contribution in [0.1, 0.15) is 44.4 Å². The Labute approximate surface area is 111 Å². The zero-order valence-electron chi connectivity index (χ0n) is 11.9. The van der Waals surface area contributed by atoms with Gasteiger partial charge < -0.3 is 10.2 Å². The van der Waals surface area contributed by atoms with E-state index in [9.17, 15) is 0 Å². The molecule has 1 aliphatic rings. The Morgan fingerprint density at radius 1 is 1.22 bits per heavy atom. The Hall–Kier alpha value is -1.09. The third kappa shape index (κ3) is 3.45. The first-order valence-electron chi connectivity index (χ1n) is 7.11. The normalized spacial score (nSPS) is 16.3. The average Bonchev–Trinajstić information content (AvgIpc) is 2.38. The van der Waals surface area contributed by atoms with E-state index in [4.69, 9.17) is 4.98 Å². The van der Waals surface area contributed by atoms with Crippen molar-refractivity contribution in [2.24, 2.45) is 0 Å². The molecule has 0 bridgehead atoms. The van der Waals surface area contributed by atoms with Crippen molar-refractivity contribution in [1.29, 1.82) is 0 Å². The molecule has 1 aliphatic heterocycles. The summed E-state index contributed by atoms with van der Waals surface area (Å²) < 4.78 is 0. The fourth-order valence-electron chi connectivity index (χ4n) is 2.38. The fourth-order valence-corrected chi connectivity index (χ4v) is 2.38. The summed E-state index contributed by atoms with van der Waals surface area (Å²) in [6, 6.07) is 4.92. The number of nitrogens with one attached hydrogen (secondary N) is 1. The lowest BCUT2D eigenvalue weighted by atomic mass is 10.1. The van der Waals surface area contributed by atoms with Crippen molar-refractivity contribution in [2.75, 3.05) is 18.0 Å². The molecule has 0 aliphatic carbocycles. The van der Waals surface area contributed by atoms with Gasteiger partial charge in [0.15, 0.2) is 0 Å². The highest BCUT2D eigenvalue weighted by Crippen LogP contribution is 2.19. The maximum Gasteiger partial charge on any atom is 0.128 e. The monoisotopic (exact) mass is 247 g/mol. The van der Waals surface area contributed by atoms with Crippen molar-refractivity contribution in [1.82, 2.24) is 10.3 Å². The van der Waals surface area contributed by atoms with Gasteiger partial charge in [-0.25, -0.2) is 4.98 Å². The Balaban J connectivity index is 2.04. The first kappa shape index (κ1) is 13.3. The van der Waals surface area contributed by atoms with Gasteiger partial charge in [-0.1, -0.05) is 19.9 Å². The Morgan fingerprint density at radius 2 is 1.94 bits per heavy atom. The van der Waals surface area contributed by atoms with Crippen LogP contribution in [0.3, 0.4) is 0 Å². The van der Waals surface area contributed by atoms with Crippen molar-refractivity contribution in [3.8, 4) is 0 Å². The molecule has 0 amide bonds. The third-order valence-electron chi connectivity index (χ3n) is 3.56. The molecule has 0 aromatic carbocycles. The minimum absolute atomic E-state index is 0.520. The van der Waals surface area contributed by atoms with E-state index in [0.717, 1.165) is 31.1 Å². The second-order valence-corrected chi connectivity index (χ2v) is 5.50. The van der Waals surface area contributed by atoms with Crippen LogP contribution in [-0.2, 0) is 6.54 Å². The van der Waals surface area contributed by atoms with Gasteiger partial charge in [0.1, 0.15) is 5.82 Å². The number of hydrogen-bond acceptors (Lipinski definition) is 3. The highest BCUT2D eigenvalue weighted by atomic mass is 15.2. The van der Waals surface area contributed by atoms with Crippen molar-refractivity contribution < 1.29 is 0 Å². The number of nitrogens with zero attached hydrogens (tertiary/aromatic N) is 2. The van der Waals surface area contributed by atoms with Crippen molar-refractivity contribution in [2.45, 2.75) is 52.6 Å². The van der Waals surface area contributed by atoms with Crippen LogP contribution in [0, 0.1) is 6.92 Å². The molecule has 18 heavy (non-hydrogen) atoms. The zero-order chi connectivity index (χ0) is 13.0. The van der Waals surface area contributed by atoms with E-state index < -0.39 is 0 Å². The van der Waals surface area contributed by atoms with Gasteiger partial charge in [0, 0.05) is 31.4 Å². The van der Waals surface area contributed by atoms with Crippen LogP contribution in [-0.4, -0.2) is 24.1 Å². The third-order valence-corrected chi connectivity index (χ3v) is 3.56. The van der Waals surface area contributed by atoms with Gasteiger partial charge in [-0.05, 0) is 37.8 Å². The molecule has 0 saturated carbocycles. The first-order valence-corrected chi connectivity index (χ1v) is 7.11. The summed E-state index contributed by atoms with van der Waals surface area (Å²) in [6.45, 7) is 9.70. The molecule has 2 rings (SSSR count). The predicted molar refractivity (Wildman–Crippen MR) is 77.0 cm³/mol. The number of aryl methyl sites for hydroxylation is 1. The van der Waals surface area contributed by atoms with E-state index in [1.165, 1.54) is 24.8 Å². The predicted octanol–water partition coefficient (Wildman–Crippen LogP) is 2.88. The maximum atomic E-state index is 4.76. The van der Waals surface area contributed by atoms with Gasteiger partial charge in [0.25, 0.3) is 0 Å². The molecule has 1 aromatic rings. The molecule has 3 nitrogen and oxygen atoms in total. The molecular formula is C15H25N3. The smallest absolute Gasteiger partial charge is 0.128 e. The van der Waals surface area contributed by atoms with Crippen molar-refractivity contribution in [3.05, 3.63) is 23.4 Å². The summed E-state index contributed by atoms with van der Waals surface area (Å²) in [5.74, 6) is 1.15. The fraction of sp³-hybridized carbons (Fsp3) is 0.667. The maximum absolute atomic E-state index is 4.76. The first-order chi connectivity index (χ1) is 8.66. The number of hydrogen-bond donors (Lipinski definition) is 1. The van der Waals surface area contributed by atoms with E-state index >= 15 is 0 Å². The van der Waals surface area contributed by atoms with Crippen molar-refractivity contribution in [3.63, 3.8) is 0 Å². The molecule has 1 aromatic heterocycles. The molecule has 1 fully saturated rings. The van der Waals surface area contributed by atoms with Crippen LogP contribution in [0.25, 0.3) is 0 Å². The topological polar surface area (TPSA) is 28.2 Å².